The summed E-state index contributed by atoms with van der Waals surface area (Å²) in [4.78, 5) is 22.3. The number of rotatable bonds is 6. The van der Waals surface area contributed by atoms with Crippen LogP contribution in [0.1, 0.15) is 24.0 Å². The standard InChI is InChI=1S/C27H33N5O/c1-31(17-20-8-3-2-4-9-20)27(33)24-16-29-30-26(24)22-11-7-15-32(19-22)18-21-10-5-13-25-23(21)12-6-14-28-25/h2-6,8-10,12-14,22,24,26,29-30H,7,11,15-19H2,1H3. The summed E-state index contributed by atoms with van der Waals surface area (Å²) in [5.41, 5.74) is 10.3. The van der Waals surface area contributed by atoms with E-state index in [9.17, 15) is 4.79 Å². The number of nitrogens with zero attached hydrogens (tertiary/aromatic N) is 3. The van der Waals surface area contributed by atoms with Crippen LogP contribution in [0.4, 0.5) is 0 Å². The third-order valence-corrected chi connectivity index (χ3v) is 7.16. The Morgan fingerprint density at radius 1 is 1.12 bits per heavy atom. The molecule has 0 spiro atoms. The molecule has 6 heteroatoms. The fourth-order valence-electron chi connectivity index (χ4n) is 5.49. The normalized spacial score (nSPS) is 23.6. The van der Waals surface area contributed by atoms with Gasteiger partial charge in [-0.15, -0.1) is 0 Å². The first-order valence-electron chi connectivity index (χ1n) is 12.0. The highest BCUT2D eigenvalue weighted by Gasteiger charge is 2.40. The monoisotopic (exact) mass is 443 g/mol. The number of carbonyl (C=O) groups excluding carboxylic acids is 1. The van der Waals surface area contributed by atoms with E-state index in [1.807, 2.05) is 42.4 Å². The number of fused-ring (bicyclic) bond motifs is 1. The number of pyridine rings is 1. The molecule has 1 aromatic heterocycles. The van der Waals surface area contributed by atoms with E-state index in [2.05, 4.69) is 57.1 Å². The molecular formula is C27H33N5O. The minimum Gasteiger partial charge on any atom is -0.341 e. The van der Waals surface area contributed by atoms with Crippen LogP contribution in [0.15, 0.2) is 66.9 Å². The lowest BCUT2D eigenvalue weighted by atomic mass is 9.83. The first-order chi connectivity index (χ1) is 16.2. The SMILES string of the molecule is CN(Cc1ccccc1)C(=O)C1CNNC1C1CCCN(Cc2cccc3ncccc23)C1. The molecule has 3 heterocycles. The fourth-order valence-corrected chi connectivity index (χ4v) is 5.49. The Morgan fingerprint density at radius 2 is 2.00 bits per heavy atom. The molecule has 0 bridgehead atoms. The largest absolute Gasteiger partial charge is 0.341 e. The maximum atomic E-state index is 13.3. The van der Waals surface area contributed by atoms with Crippen LogP contribution >= 0.6 is 0 Å². The molecule has 2 saturated heterocycles. The van der Waals surface area contributed by atoms with E-state index in [0.29, 0.717) is 19.0 Å². The van der Waals surface area contributed by atoms with Gasteiger partial charge in [0, 0.05) is 50.9 Å². The van der Waals surface area contributed by atoms with Crippen LogP contribution in [0.25, 0.3) is 10.9 Å². The summed E-state index contributed by atoms with van der Waals surface area (Å²) in [6, 6.07) is 21.0. The number of carbonyl (C=O) groups is 1. The third-order valence-electron chi connectivity index (χ3n) is 7.16. The Kier molecular flexibility index (Phi) is 6.67. The van der Waals surface area contributed by atoms with Crippen molar-refractivity contribution in [3.05, 3.63) is 78.0 Å². The van der Waals surface area contributed by atoms with Gasteiger partial charge in [0.2, 0.25) is 5.91 Å². The summed E-state index contributed by atoms with van der Waals surface area (Å²) in [5.74, 6) is 0.630. The van der Waals surface area contributed by atoms with Gasteiger partial charge in [-0.3, -0.25) is 25.5 Å². The van der Waals surface area contributed by atoms with E-state index in [4.69, 9.17) is 0 Å². The molecule has 172 valence electrons. The average Bonchev–Trinajstić information content (AvgIpc) is 3.35. The Balaban J connectivity index is 1.25. The second-order valence-electron chi connectivity index (χ2n) is 9.46. The summed E-state index contributed by atoms with van der Waals surface area (Å²) in [6.45, 7) is 4.36. The van der Waals surface area contributed by atoms with E-state index in [1.165, 1.54) is 10.9 Å². The Labute approximate surface area is 196 Å². The number of benzene rings is 2. The third kappa shape index (κ3) is 4.93. The number of hydrogen-bond acceptors (Lipinski definition) is 5. The second kappa shape index (κ2) is 10.00. The van der Waals surface area contributed by atoms with E-state index in [-0.39, 0.29) is 17.9 Å². The molecule has 0 aliphatic carbocycles. The van der Waals surface area contributed by atoms with Gasteiger partial charge in [0.1, 0.15) is 0 Å². The topological polar surface area (TPSA) is 60.5 Å². The molecule has 2 aromatic carbocycles. The van der Waals surface area contributed by atoms with E-state index in [0.717, 1.165) is 43.6 Å². The number of aromatic nitrogens is 1. The summed E-state index contributed by atoms with van der Waals surface area (Å²) in [7, 11) is 1.92. The molecule has 0 saturated carbocycles. The molecule has 5 rings (SSSR count). The number of nitrogens with one attached hydrogen (secondary N) is 2. The first-order valence-corrected chi connectivity index (χ1v) is 12.0. The summed E-state index contributed by atoms with van der Waals surface area (Å²) in [6.07, 6.45) is 4.17. The molecule has 2 aliphatic rings. The van der Waals surface area contributed by atoms with Crippen molar-refractivity contribution in [1.82, 2.24) is 25.6 Å². The molecule has 33 heavy (non-hydrogen) atoms. The van der Waals surface area contributed by atoms with Gasteiger partial charge < -0.3 is 4.90 Å². The van der Waals surface area contributed by atoms with Crippen molar-refractivity contribution in [2.45, 2.75) is 32.0 Å². The average molecular weight is 444 g/mol. The first kappa shape index (κ1) is 22.0. The number of amides is 1. The second-order valence-corrected chi connectivity index (χ2v) is 9.46. The summed E-state index contributed by atoms with van der Waals surface area (Å²) >= 11 is 0. The van der Waals surface area contributed by atoms with Crippen molar-refractivity contribution < 1.29 is 4.79 Å². The lowest BCUT2D eigenvalue weighted by Crippen LogP contribution is -2.49. The highest BCUT2D eigenvalue weighted by molar-refractivity contribution is 5.82. The van der Waals surface area contributed by atoms with Crippen molar-refractivity contribution in [2.24, 2.45) is 11.8 Å². The molecule has 2 N–H and O–H groups in total. The van der Waals surface area contributed by atoms with Gasteiger partial charge in [-0.25, -0.2) is 0 Å². The lowest BCUT2D eigenvalue weighted by molar-refractivity contribution is -0.135. The van der Waals surface area contributed by atoms with Crippen LogP contribution in [0.5, 0.6) is 0 Å². The van der Waals surface area contributed by atoms with Gasteiger partial charge in [0.25, 0.3) is 0 Å². The smallest absolute Gasteiger partial charge is 0.228 e. The van der Waals surface area contributed by atoms with E-state index >= 15 is 0 Å². The van der Waals surface area contributed by atoms with Gasteiger partial charge in [-0.1, -0.05) is 48.5 Å². The van der Waals surface area contributed by atoms with Crippen molar-refractivity contribution in [3.63, 3.8) is 0 Å². The van der Waals surface area contributed by atoms with E-state index in [1.54, 1.807) is 0 Å². The predicted octanol–water partition coefficient (Wildman–Crippen LogP) is 3.20. The molecule has 1 amide bonds. The Morgan fingerprint density at radius 3 is 2.88 bits per heavy atom. The summed E-state index contributed by atoms with van der Waals surface area (Å²) < 4.78 is 0. The minimum atomic E-state index is -0.0367. The molecule has 6 nitrogen and oxygen atoms in total. The lowest BCUT2D eigenvalue weighted by Gasteiger charge is -2.37. The quantitative estimate of drug-likeness (QED) is 0.613. The predicted molar refractivity (Wildman–Crippen MR) is 131 cm³/mol. The van der Waals surface area contributed by atoms with Gasteiger partial charge >= 0.3 is 0 Å². The van der Waals surface area contributed by atoms with Crippen LogP contribution < -0.4 is 10.9 Å². The number of hydrogen-bond donors (Lipinski definition) is 2. The fraction of sp³-hybridized carbons (Fsp3) is 0.407. The zero-order chi connectivity index (χ0) is 22.6. The number of piperidine rings is 1. The summed E-state index contributed by atoms with van der Waals surface area (Å²) in [5, 5.41) is 1.23. The maximum Gasteiger partial charge on any atom is 0.228 e. The van der Waals surface area contributed by atoms with Crippen LogP contribution in [-0.2, 0) is 17.9 Å². The minimum absolute atomic E-state index is 0.0367. The zero-order valence-electron chi connectivity index (χ0n) is 19.3. The molecule has 2 aliphatic heterocycles. The van der Waals surface area contributed by atoms with Crippen molar-refractivity contribution in [1.29, 1.82) is 0 Å². The maximum absolute atomic E-state index is 13.3. The van der Waals surface area contributed by atoms with Gasteiger partial charge in [-0.05, 0) is 48.6 Å². The molecule has 3 unspecified atom stereocenters. The van der Waals surface area contributed by atoms with Crippen LogP contribution in [0.3, 0.4) is 0 Å². The highest BCUT2D eigenvalue weighted by Crippen LogP contribution is 2.29. The molecule has 3 atom stereocenters. The number of hydrazine groups is 1. The Hall–Kier alpha value is -2.80. The van der Waals surface area contributed by atoms with Crippen molar-refractivity contribution >= 4 is 16.8 Å². The molecule has 3 aromatic rings. The van der Waals surface area contributed by atoms with Crippen LogP contribution in [-0.4, -0.2) is 53.4 Å². The van der Waals surface area contributed by atoms with Crippen molar-refractivity contribution in [3.8, 4) is 0 Å². The Bertz CT molecular complexity index is 1080. The molecular weight excluding hydrogens is 410 g/mol. The van der Waals surface area contributed by atoms with Gasteiger partial charge in [0.15, 0.2) is 0 Å². The van der Waals surface area contributed by atoms with Crippen LogP contribution in [0, 0.1) is 11.8 Å². The molecule has 2 fully saturated rings. The van der Waals surface area contributed by atoms with Gasteiger partial charge in [0.05, 0.1) is 11.4 Å². The zero-order valence-corrected chi connectivity index (χ0v) is 19.3. The highest BCUT2D eigenvalue weighted by atomic mass is 16.2. The van der Waals surface area contributed by atoms with Crippen LogP contribution in [0.2, 0.25) is 0 Å². The molecule has 0 radical (unpaired) electrons. The van der Waals surface area contributed by atoms with Crippen molar-refractivity contribution in [2.75, 3.05) is 26.7 Å². The number of likely N-dealkylation sites (tertiary alicyclic amines) is 1. The van der Waals surface area contributed by atoms with Gasteiger partial charge in [-0.2, -0.15) is 0 Å². The van der Waals surface area contributed by atoms with E-state index < -0.39 is 0 Å².